The van der Waals surface area contributed by atoms with Crippen LogP contribution in [0.25, 0.3) is 0 Å². The molecular weight excluding hydrogens is 448 g/mol. The largest absolute Gasteiger partial charge is 0.507 e. The maximum absolute atomic E-state index is 13.9. The molecule has 0 aliphatic heterocycles. The Morgan fingerprint density at radius 3 is 1.43 bits per heavy atom. The van der Waals surface area contributed by atoms with Gasteiger partial charge in [0, 0.05) is 0 Å². The van der Waals surface area contributed by atoms with E-state index in [1.807, 2.05) is 0 Å². The van der Waals surface area contributed by atoms with Crippen LogP contribution in [-0.2, 0) is 17.8 Å². The van der Waals surface area contributed by atoms with Crippen LogP contribution in [-0.4, -0.2) is 17.5 Å². The highest BCUT2D eigenvalue weighted by Crippen LogP contribution is 2.57. The minimum absolute atomic E-state index is 0.0437. The molecule has 0 aromatic heterocycles. The highest BCUT2D eigenvalue weighted by Gasteiger charge is 2.72. The van der Waals surface area contributed by atoms with Gasteiger partial charge in [0.1, 0.15) is 5.75 Å². The summed E-state index contributed by atoms with van der Waals surface area (Å²) in [5.74, 6) is -1.66. The van der Waals surface area contributed by atoms with E-state index >= 15 is 0 Å². The number of alkyl halides is 12. The van der Waals surface area contributed by atoms with Gasteiger partial charge >= 0.3 is 24.7 Å². The molecule has 2 rings (SSSR count). The lowest BCUT2D eigenvalue weighted by Crippen LogP contribution is -2.55. The van der Waals surface area contributed by atoms with Crippen LogP contribution in [0.15, 0.2) is 42.5 Å². The quantitative estimate of drug-likeness (QED) is 0.491. The van der Waals surface area contributed by atoms with Gasteiger partial charge in [0.15, 0.2) is 0 Å². The number of benzene rings is 2. The summed E-state index contributed by atoms with van der Waals surface area (Å²) in [4.78, 5) is 0. The molecule has 0 radical (unpaired) electrons. The molecule has 2 aromatic rings. The summed E-state index contributed by atoms with van der Waals surface area (Å²) in [6.07, 6.45) is -23.7. The first-order chi connectivity index (χ1) is 13.3. The van der Waals surface area contributed by atoms with Crippen molar-refractivity contribution in [1.82, 2.24) is 0 Å². The van der Waals surface area contributed by atoms with Crippen LogP contribution in [0.2, 0.25) is 0 Å². The third-order valence-electron chi connectivity index (χ3n) is 4.21. The molecule has 0 spiro atoms. The molecule has 166 valence electrons. The summed E-state index contributed by atoms with van der Waals surface area (Å²) in [7, 11) is 0. The van der Waals surface area contributed by atoms with Crippen LogP contribution in [0.3, 0.4) is 0 Å². The van der Waals surface area contributed by atoms with Gasteiger partial charge in [-0.3, -0.25) is 0 Å². The molecule has 1 nitrogen and oxygen atoms in total. The smallest absolute Gasteiger partial charge is 0.419 e. The fourth-order valence-electron chi connectivity index (χ4n) is 2.91. The predicted octanol–water partition coefficient (Wildman–Crippen LogP) is 6.84. The highest BCUT2D eigenvalue weighted by atomic mass is 19.4. The third kappa shape index (κ3) is 3.88. The zero-order valence-electron chi connectivity index (χ0n) is 14.0. The Bertz CT molecular complexity index is 904. The van der Waals surface area contributed by atoms with E-state index < -0.39 is 70.3 Å². The normalized spacial score (nSPS) is 14.1. The van der Waals surface area contributed by atoms with Crippen molar-refractivity contribution in [2.24, 2.45) is 0 Å². The van der Waals surface area contributed by atoms with Crippen LogP contribution in [0.5, 0.6) is 5.75 Å². The number of phenols is 1. The van der Waals surface area contributed by atoms with Crippen LogP contribution in [0, 0.1) is 0 Å². The summed E-state index contributed by atoms with van der Waals surface area (Å²) in [5.41, 5.74) is -13.4. The van der Waals surface area contributed by atoms with Gasteiger partial charge < -0.3 is 5.11 Å². The van der Waals surface area contributed by atoms with Crippen molar-refractivity contribution in [2.75, 3.05) is 0 Å². The summed E-state index contributed by atoms with van der Waals surface area (Å²) >= 11 is 0. The Morgan fingerprint density at radius 1 is 0.533 bits per heavy atom. The van der Waals surface area contributed by atoms with Gasteiger partial charge in [-0.2, -0.15) is 52.7 Å². The van der Waals surface area contributed by atoms with Gasteiger partial charge in [-0.15, -0.1) is 0 Å². The van der Waals surface area contributed by atoms with E-state index in [9.17, 15) is 57.8 Å². The number of aromatic hydroxyl groups is 1. The fourth-order valence-corrected chi connectivity index (χ4v) is 2.91. The molecule has 0 heterocycles. The molecule has 0 saturated carbocycles. The summed E-state index contributed by atoms with van der Waals surface area (Å²) < 4.78 is 161. The average Bonchev–Trinajstić information content (AvgIpc) is 2.52. The Hall–Kier alpha value is -2.60. The van der Waals surface area contributed by atoms with Crippen molar-refractivity contribution in [2.45, 2.75) is 30.1 Å². The average molecular weight is 456 g/mol. The minimum atomic E-state index is -6.41. The van der Waals surface area contributed by atoms with Gasteiger partial charge in [-0.05, 0) is 29.3 Å². The van der Waals surface area contributed by atoms with E-state index in [1.54, 1.807) is 0 Å². The van der Waals surface area contributed by atoms with E-state index in [1.165, 1.54) is 0 Å². The van der Waals surface area contributed by atoms with E-state index in [0.29, 0.717) is 0 Å². The molecular formula is C17H8F12O. The van der Waals surface area contributed by atoms with Gasteiger partial charge in [-0.25, -0.2) is 0 Å². The number of rotatable bonds is 2. The number of phenolic OH excluding ortho intramolecular Hbond substituents is 1. The summed E-state index contributed by atoms with van der Waals surface area (Å²) in [5, 5.41) is 9.23. The molecule has 0 aliphatic rings. The third-order valence-corrected chi connectivity index (χ3v) is 4.21. The second-order valence-corrected chi connectivity index (χ2v) is 6.05. The van der Waals surface area contributed by atoms with Crippen molar-refractivity contribution in [3.63, 3.8) is 0 Å². The summed E-state index contributed by atoms with van der Waals surface area (Å²) in [6.45, 7) is 0. The standard InChI is InChI=1S/C17H8F12O/c18-14(19,20)10-3-1-2-8(6-10)13(16(24,25)26,17(27,28)29)9-4-5-12(30)11(7-9)15(21,22)23/h1-7,30H. The number of hydrogen-bond acceptors (Lipinski definition) is 1. The zero-order chi connectivity index (χ0) is 23.3. The molecule has 2 aromatic carbocycles. The monoisotopic (exact) mass is 456 g/mol. The Kier molecular flexibility index (Phi) is 5.51. The Labute approximate surface area is 159 Å². The van der Waals surface area contributed by atoms with Gasteiger partial charge in [0.25, 0.3) is 0 Å². The number of halogens is 12. The lowest BCUT2D eigenvalue weighted by atomic mass is 9.72. The maximum atomic E-state index is 13.9. The second kappa shape index (κ2) is 6.98. The molecule has 30 heavy (non-hydrogen) atoms. The highest BCUT2D eigenvalue weighted by molar-refractivity contribution is 5.50. The maximum Gasteiger partial charge on any atom is 0.419 e. The second-order valence-electron chi connectivity index (χ2n) is 6.05. The van der Waals surface area contributed by atoms with Crippen molar-refractivity contribution in [3.8, 4) is 5.75 Å². The van der Waals surface area contributed by atoms with E-state index in [-0.39, 0.29) is 30.3 Å². The number of hydrogen-bond donors (Lipinski definition) is 1. The molecule has 0 saturated heterocycles. The fraction of sp³-hybridized carbons (Fsp3) is 0.294. The molecule has 0 aliphatic carbocycles. The van der Waals surface area contributed by atoms with Gasteiger partial charge in [0.05, 0.1) is 11.1 Å². The van der Waals surface area contributed by atoms with Crippen molar-refractivity contribution in [3.05, 3.63) is 64.7 Å². The van der Waals surface area contributed by atoms with E-state index in [0.717, 1.165) is 0 Å². The van der Waals surface area contributed by atoms with Crippen LogP contribution in [0.4, 0.5) is 52.7 Å². The summed E-state index contributed by atoms with van der Waals surface area (Å²) in [6, 6.07) is -0.577. The molecule has 0 amide bonds. The van der Waals surface area contributed by atoms with Crippen LogP contribution < -0.4 is 0 Å². The first kappa shape index (κ1) is 23.7. The molecule has 13 heteroatoms. The molecule has 0 unspecified atom stereocenters. The van der Waals surface area contributed by atoms with Gasteiger partial charge in [-0.1, -0.05) is 24.3 Å². The molecule has 0 bridgehead atoms. The Balaban J connectivity index is 3.01. The van der Waals surface area contributed by atoms with Crippen molar-refractivity contribution in [1.29, 1.82) is 0 Å². The van der Waals surface area contributed by atoms with Crippen LogP contribution in [0.1, 0.15) is 22.3 Å². The molecule has 0 atom stereocenters. The molecule has 1 N–H and O–H groups in total. The molecule has 0 fully saturated rings. The Morgan fingerprint density at radius 2 is 1.00 bits per heavy atom. The van der Waals surface area contributed by atoms with E-state index in [2.05, 4.69) is 0 Å². The van der Waals surface area contributed by atoms with Crippen molar-refractivity contribution >= 4 is 0 Å². The first-order valence-electron chi connectivity index (χ1n) is 7.55. The minimum Gasteiger partial charge on any atom is -0.507 e. The van der Waals surface area contributed by atoms with Crippen molar-refractivity contribution < 1.29 is 57.8 Å². The van der Waals surface area contributed by atoms with Gasteiger partial charge in [0.2, 0.25) is 5.41 Å². The lowest BCUT2D eigenvalue weighted by molar-refractivity contribution is -0.288. The van der Waals surface area contributed by atoms with Crippen LogP contribution >= 0.6 is 0 Å². The first-order valence-corrected chi connectivity index (χ1v) is 7.55. The topological polar surface area (TPSA) is 20.2 Å². The SMILES string of the molecule is Oc1ccc(C(c2cccc(C(F)(F)F)c2)(C(F)(F)F)C(F)(F)F)cc1C(F)(F)F. The predicted molar refractivity (Wildman–Crippen MR) is 77.4 cm³/mol. The van der Waals surface area contributed by atoms with E-state index in [4.69, 9.17) is 0 Å². The lowest BCUT2D eigenvalue weighted by Gasteiger charge is -2.38. The zero-order valence-corrected chi connectivity index (χ0v) is 14.0.